The van der Waals surface area contributed by atoms with Gasteiger partial charge >= 0.3 is 5.97 Å². The largest absolute Gasteiger partial charge is 0.477 e. The summed E-state index contributed by atoms with van der Waals surface area (Å²) in [6.45, 7) is 0. The zero-order chi connectivity index (χ0) is 14.3. The van der Waals surface area contributed by atoms with Crippen LogP contribution in [0.2, 0.25) is 0 Å². The van der Waals surface area contributed by atoms with Crippen molar-refractivity contribution in [1.29, 1.82) is 0 Å². The van der Waals surface area contributed by atoms with Crippen molar-refractivity contribution in [3.8, 4) is 11.3 Å². The molecule has 2 N–H and O–H groups in total. The molecule has 0 saturated heterocycles. The number of aromatic amines is 1. The van der Waals surface area contributed by atoms with Gasteiger partial charge in [-0.1, -0.05) is 12.1 Å². The molecule has 0 radical (unpaired) electrons. The van der Waals surface area contributed by atoms with Crippen molar-refractivity contribution in [1.82, 2.24) is 4.98 Å². The predicted octanol–water partition coefficient (Wildman–Crippen LogP) is 3.03. The third-order valence-electron chi connectivity index (χ3n) is 2.90. The molecule has 1 aromatic carbocycles. The Bertz CT molecular complexity index is 799. The number of aromatic nitrogens is 1. The molecule has 2 heterocycles. The number of H-pyrrole nitrogens is 1. The Morgan fingerprint density at radius 3 is 2.70 bits per heavy atom. The van der Waals surface area contributed by atoms with Gasteiger partial charge in [0.2, 0.25) is 0 Å². The maximum Gasteiger partial charge on any atom is 0.352 e. The summed E-state index contributed by atoms with van der Waals surface area (Å²) in [6, 6.07) is 9.09. The highest BCUT2D eigenvalue weighted by Gasteiger charge is 2.19. The predicted molar refractivity (Wildman–Crippen MR) is 69.6 cm³/mol. The van der Waals surface area contributed by atoms with Gasteiger partial charge in [-0.05, 0) is 6.07 Å². The van der Waals surface area contributed by atoms with Crippen molar-refractivity contribution >= 4 is 22.8 Å². The summed E-state index contributed by atoms with van der Waals surface area (Å²) < 4.78 is 5.48. The molecular weight excluding hydrogens is 264 g/mol. The maximum atomic E-state index is 11.0. The lowest BCUT2D eigenvalue weighted by molar-refractivity contribution is -0.384. The molecule has 0 atom stereocenters. The van der Waals surface area contributed by atoms with Gasteiger partial charge in [0.15, 0.2) is 5.58 Å². The number of aromatic carboxylic acids is 1. The molecule has 0 fully saturated rings. The van der Waals surface area contributed by atoms with E-state index in [4.69, 9.17) is 9.52 Å². The van der Waals surface area contributed by atoms with E-state index in [0.717, 1.165) is 0 Å². The highest BCUT2D eigenvalue weighted by molar-refractivity contribution is 5.93. The molecule has 7 heteroatoms. The molecule has 20 heavy (non-hydrogen) atoms. The van der Waals surface area contributed by atoms with E-state index >= 15 is 0 Å². The fourth-order valence-electron chi connectivity index (χ4n) is 2.01. The molecule has 0 unspecified atom stereocenters. The molecular formula is C13H8N2O5. The van der Waals surface area contributed by atoms with Crippen molar-refractivity contribution < 1.29 is 19.2 Å². The normalized spacial score (nSPS) is 10.8. The fraction of sp³-hybridized carbons (Fsp3) is 0. The highest BCUT2D eigenvalue weighted by atomic mass is 16.6. The lowest BCUT2D eigenvalue weighted by atomic mass is 10.1. The van der Waals surface area contributed by atoms with Crippen LogP contribution in [0.3, 0.4) is 0 Å². The molecule has 0 aliphatic heterocycles. The van der Waals surface area contributed by atoms with Crippen molar-refractivity contribution in [2.45, 2.75) is 0 Å². The minimum atomic E-state index is -1.09. The minimum Gasteiger partial charge on any atom is -0.477 e. The van der Waals surface area contributed by atoms with Crippen LogP contribution in [0.5, 0.6) is 0 Å². The van der Waals surface area contributed by atoms with Gasteiger partial charge < -0.3 is 14.5 Å². The Morgan fingerprint density at radius 1 is 1.30 bits per heavy atom. The van der Waals surface area contributed by atoms with Crippen molar-refractivity contribution in [2.24, 2.45) is 0 Å². The van der Waals surface area contributed by atoms with Gasteiger partial charge in [-0.15, -0.1) is 0 Å². The van der Waals surface area contributed by atoms with Gasteiger partial charge in [0.25, 0.3) is 5.69 Å². The Balaban J connectivity index is 2.13. The molecule has 100 valence electrons. The second-order valence-electron chi connectivity index (χ2n) is 4.15. The topological polar surface area (TPSA) is 109 Å². The van der Waals surface area contributed by atoms with Gasteiger partial charge in [-0.25, -0.2) is 4.79 Å². The zero-order valence-electron chi connectivity index (χ0n) is 9.99. The standard InChI is InChI=1S/C13H8N2O5/c16-13(17)9-6-12-8(14-9)5-11(20-12)7-3-1-2-4-10(7)15(18)19/h1-6,14H,(H,16,17). The van der Waals surface area contributed by atoms with E-state index in [0.29, 0.717) is 22.4 Å². The van der Waals surface area contributed by atoms with Crippen molar-refractivity contribution in [2.75, 3.05) is 0 Å². The molecule has 7 nitrogen and oxygen atoms in total. The summed E-state index contributed by atoms with van der Waals surface area (Å²) in [7, 11) is 0. The summed E-state index contributed by atoms with van der Waals surface area (Å²) in [4.78, 5) is 24.0. The molecule has 3 rings (SSSR count). The molecule has 0 saturated carbocycles. The van der Waals surface area contributed by atoms with Crippen molar-refractivity contribution in [3.05, 3.63) is 52.2 Å². The third kappa shape index (κ3) is 1.81. The van der Waals surface area contributed by atoms with Crippen LogP contribution in [0.25, 0.3) is 22.4 Å². The second kappa shape index (κ2) is 4.23. The second-order valence-corrected chi connectivity index (χ2v) is 4.15. The molecule has 0 aliphatic carbocycles. The third-order valence-corrected chi connectivity index (χ3v) is 2.90. The first kappa shape index (κ1) is 12.0. The number of carbonyl (C=O) groups is 1. The average molecular weight is 272 g/mol. The summed E-state index contributed by atoms with van der Waals surface area (Å²) >= 11 is 0. The summed E-state index contributed by atoms with van der Waals surface area (Å²) in [5.41, 5.74) is 1.11. The van der Waals surface area contributed by atoms with Gasteiger partial charge in [-0.2, -0.15) is 0 Å². The molecule has 2 aromatic heterocycles. The monoisotopic (exact) mass is 272 g/mol. The van der Waals surface area contributed by atoms with Crippen LogP contribution in [-0.4, -0.2) is 21.0 Å². The van der Waals surface area contributed by atoms with E-state index < -0.39 is 10.9 Å². The number of benzene rings is 1. The van der Waals surface area contributed by atoms with Crippen LogP contribution in [0, 0.1) is 10.1 Å². The van der Waals surface area contributed by atoms with E-state index in [2.05, 4.69) is 4.98 Å². The molecule has 0 amide bonds. The summed E-state index contributed by atoms with van der Waals surface area (Å²) in [5.74, 6) is -0.779. The van der Waals surface area contributed by atoms with Crippen LogP contribution in [0.4, 0.5) is 5.69 Å². The lowest BCUT2D eigenvalue weighted by Gasteiger charge is -1.98. The van der Waals surface area contributed by atoms with E-state index in [1.54, 1.807) is 24.3 Å². The van der Waals surface area contributed by atoms with Crippen LogP contribution in [0.1, 0.15) is 10.5 Å². The number of carboxylic acids is 1. The minimum absolute atomic E-state index is 0.00728. The number of hydrogen-bond acceptors (Lipinski definition) is 4. The Hall–Kier alpha value is -3.09. The molecule has 0 aliphatic rings. The number of fused-ring (bicyclic) bond motifs is 1. The van der Waals surface area contributed by atoms with E-state index in [9.17, 15) is 14.9 Å². The van der Waals surface area contributed by atoms with Crippen LogP contribution in [0.15, 0.2) is 40.8 Å². The summed E-state index contributed by atoms with van der Waals surface area (Å²) in [6.07, 6.45) is 0. The number of nitro benzene ring substituents is 1. The summed E-state index contributed by atoms with van der Waals surface area (Å²) in [5, 5.41) is 19.8. The van der Waals surface area contributed by atoms with Gasteiger partial charge in [-0.3, -0.25) is 10.1 Å². The van der Waals surface area contributed by atoms with Gasteiger partial charge in [0.1, 0.15) is 11.5 Å². The maximum absolute atomic E-state index is 11.0. The van der Waals surface area contributed by atoms with E-state index in [1.807, 2.05) is 0 Å². The number of rotatable bonds is 3. The number of nitrogens with one attached hydrogen (secondary N) is 1. The Kier molecular flexibility index (Phi) is 2.53. The molecule has 0 bridgehead atoms. The fourth-order valence-corrected chi connectivity index (χ4v) is 2.01. The van der Waals surface area contributed by atoms with Crippen LogP contribution in [-0.2, 0) is 0 Å². The first-order chi connectivity index (χ1) is 9.56. The van der Waals surface area contributed by atoms with Gasteiger partial charge in [0.05, 0.1) is 16.0 Å². The van der Waals surface area contributed by atoms with E-state index in [1.165, 1.54) is 12.1 Å². The Labute approximate surface area is 111 Å². The number of nitrogens with zero attached hydrogens (tertiary/aromatic N) is 1. The van der Waals surface area contributed by atoms with E-state index in [-0.39, 0.29) is 11.4 Å². The first-order valence-electron chi connectivity index (χ1n) is 5.66. The molecule has 3 aromatic rings. The van der Waals surface area contributed by atoms with Crippen molar-refractivity contribution in [3.63, 3.8) is 0 Å². The van der Waals surface area contributed by atoms with Crippen LogP contribution < -0.4 is 0 Å². The zero-order valence-corrected chi connectivity index (χ0v) is 9.99. The number of hydrogen-bond donors (Lipinski definition) is 2. The first-order valence-corrected chi connectivity index (χ1v) is 5.66. The quantitative estimate of drug-likeness (QED) is 0.562. The number of furan rings is 1. The SMILES string of the molecule is O=C(O)c1cc2oc(-c3ccccc3[N+](=O)[O-])cc2[nH]1. The molecule has 0 spiro atoms. The van der Waals surface area contributed by atoms with Gasteiger partial charge in [0, 0.05) is 18.2 Å². The number of carboxylic acid groups (broad SMARTS) is 1. The lowest BCUT2D eigenvalue weighted by Crippen LogP contribution is -1.95. The number of para-hydroxylation sites is 1. The smallest absolute Gasteiger partial charge is 0.352 e. The van der Waals surface area contributed by atoms with Crippen LogP contribution >= 0.6 is 0 Å². The highest BCUT2D eigenvalue weighted by Crippen LogP contribution is 2.33. The Morgan fingerprint density at radius 2 is 2.05 bits per heavy atom. The average Bonchev–Trinajstić information content (AvgIpc) is 2.96. The number of nitro groups is 1.